The van der Waals surface area contributed by atoms with E-state index in [0.717, 1.165) is 29.7 Å². The van der Waals surface area contributed by atoms with Crippen molar-refractivity contribution >= 4 is 47.0 Å². The topological polar surface area (TPSA) is 218 Å². The van der Waals surface area contributed by atoms with E-state index in [4.69, 9.17) is 39.3 Å². The van der Waals surface area contributed by atoms with Crippen molar-refractivity contribution in [2.24, 2.45) is 16.5 Å². The lowest BCUT2D eigenvalue weighted by Gasteiger charge is -2.13. The van der Waals surface area contributed by atoms with E-state index in [1.807, 2.05) is 12.1 Å². The summed E-state index contributed by atoms with van der Waals surface area (Å²) in [6, 6.07) is 6.38. The molecule has 1 heterocycles. The molecule has 0 aliphatic heterocycles. The molecule has 0 saturated carbocycles. The normalized spacial score (nSPS) is 11.1. The quantitative estimate of drug-likeness (QED) is 0.183. The lowest BCUT2D eigenvalue weighted by Crippen LogP contribution is -2.40. The molecule has 0 radical (unpaired) electrons. The molecule has 1 aromatic heterocycles. The Morgan fingerprint density at radius 1 is 1.09 bits per heavy atom. The van der Waals surface area contributed by atoms with Crippen molar-refractivity contribution in [3.8, 4) is 5.75 Å². The molecule has 0 bridgehead atoms. The van der Waals surface area contributed by atoms with Gasteiger partial charge in [-0.2, -0.15) is 4.99 Å². The fourth-order valence-electron chi connectivity index (χ4n) is 2.59. The number of hydrogen-bond donors (Lipinski definition) is 5. The highest BCUT2D eigenvalue weighted by Crippen LogP contribution is 2.18. The summed E-state index contributed by atoms with van der Waals surface area (Å²) in [6.07, 6.45) is 2.38. The lowest BCUT2D eigenvalue weighted by atomic mass is 10.1. The molecule has 0 aliphatic rings. The molecular formula is C20H26ClN9O4. The predicted molar refractivity (Wildman–Crippen MR) is 127 cm³/mol. The fourth-order valence-corrected chi connectivity index (χ4v) is 2.72. The van der Waals surface area contributed by atoms with Crippen LogP contribution < -0.4 is 33.0 Å². The number of nitrogens with two attached hydrogens (primary N) is 4. The number of anilines is 2. The molecule has 4 amide bonds. The third-order valence-corrected chi connectivity index (χ3v) is 4.80. The molecular weight excluding hydrogens is 466 g/mol. The lowest BCUT2D eigenvalue weighted by molar-refractivity contribution is -0.129. The minimum Gasteiger partial charge on any atom is -0.484 e. The molecule has 0 aliphatic carbocycles. The van der Waals surface area contributed by atoms with Crippen LogP contribution in [0.1, 0.15) is 28.9 Å². The average molecular weight is 492 g/mol. The number of rotatable bonds is 9. The van der Waals surface area contributed by atoms with E-state index in [9.17, 15) is 14.4 Å². The van der Waals surface area contributed by atoms with Crippen LogP contribution in [0.5, 0.6) is 5.75 Å². The summed E-state index contributed by atoms with van der Waals surface area (Å²) in [5.41, 5.74) is 22.7. The minimum atomic E-state index is -0.844. The Morgan fingerprint density at radius 2 is 1.76 bits per heavy atom. The van der Waals surface area contributed by atoms with Crippen molar-refractivity contribution in [1.29, 1.82) is 0 Å². The number of unbranched alkanes of at least 4 members (excludes halogenated alkanes) is 1. The number of primary amides is 1. The number of benzene rings is 1. The van der Waals surface area contributed by atoms with Crippen LogP contribution in [0.2, 0.25) is 5.15 Å². The van der Waals surface area contributed by atoms with Crippen LogP contribution >= 0.6 is 11.6 Å². The van der Waals surface area contributed by atoms with Crippen LogP contribution in [0.4, 0.5) is 16.4 Å². The molecule has 2 rings (SSSR count). The smallest absolute Gasteiger partial charge is 0.321 e. The summed E-state index contributed by atoms with van der Waals surface area (Å²) in [5.74, 6) is -1.19. The number of carbonyl (C=O) groups excluding carboxylic acids is 3. The van der Waals surface area contributed by atoms with Gasteiger partial charge in [0.1, 0.15) is 5.75 Å². The van der Waals surface area contributed by atoms with Gasteiger partial charge in [-0.3, -0.25) is 14.5 Å². The van der Waals surface area contributed by atoms with Crippen LogP contribution in [-0.2, 0) is 11.2 Å². The first-order chi connectivity index (χ1) is 16.1. The molecule has 0 atom stereocenters. The predicted octanol–water partition coefficient (Wildman–Crippen LogP) is 0.278. The number of amides is 4. The zero-order chi connectivity index (χ0) is 25.3. The largest absolute Gasteiger partial charge is 0.484 e. The molecule has 14 heteroatoms. The van der Waals surface area contributed by atoms with E-state index in [2.05, 4.69) is 20.3 Å². The molecule has 182 valence electrons. The molecule has 0 fully saturated rings. The van der Waals surface area contributed by atoms with E-state index in [-0.39, 0.29) is 35.0 Å². The fraction of sp³-hybridized carbons (Fsp3) is 0.300. The Morgan fingerprint density at radius 3 is 2.41 bits per heavy atom. The summed E-state index contributed by atoms with van der Waals surface area (Å²) in [5, 5.41) is 2.69. The van der Waals surface area contributed by atoms with Gasteiger partial charge in [-0.1, -0.05) is 23.7 Å². The summed E-state index contributed by atoms with van der Waals surface area (Å²) in [7, 11) is 1.28. The van der Waals surface area contributed by atoms with E-state index in [1.54, 1.807) is 12.1 Å². The first-order valence-corrected chi connectivity index (χ1v) is 10.4. The molecule has 1 aromatic carbocycles. The van der Waals surface area contributed by atoms with Gasteiger partial charge in [-0.05, 0) is 37.0 Å². The summed E-state index contributed by atoms with van der Waals surface area (Å²) < 4.78 is 5.35. The van der Waals surface area contributed by atoms with Gasteiger partial charge >= 0.3 is 11.9 Å². The van der Waals surface area contributed by atoms with Crippen LogP contribution in [0, 0.1) is 0 Å². The summed E-state index contributed by atoms with van der Waals surface area (Å²) in [6.45, 7) is 0.198. The summed E-state index contributed by atoms with van der Waals surface area (Å²) >= 11 is 5.75. The number of aliphatic imine (C=N–C) groups is 1. The number of nitrogen functional groups attached to an aromatic ring is 2. The van der Waals surface area contributed by atoms with E-state index in [0.29, 0.717) is 12.3 Å². The number of nitrogens with zero attached hydrogens (tertiary/aromatic N) is 4. The van der Waals surface area contributed by atoms with Gasteiger partial charge < -0.3 is 33.0 Å². The number of nitrogens with one attached hydrogen (secondary N) is 1. The van der Waals surface area contributed by atoms with Crippen molar-refractivity contribution in [3.05, 3.63) is 40.7 Å². The van der Waals surface area contributed by atoms with Gasteiger partial charge in [-0.25, -0.2) is 14.8 Å². The molecule has 34 heavy (non-hydrogen) atoms. The van der Waals surface area contributed by atoms with Crippen molar-refractivity contribution in [3.63, 3.8) is 0 Å². The molecule has 9 N–H and O–H groups in total. The third kappa shape index (κ3) is 7.78. The Bertz CT molecular complexity index is 1080. The van der Waals surface area contributed by atoms with E-state index >= 15 is 0 Å². The highest BCUT2D eigenvalue weighted by atomic mass is 35.5. The number of carbonyl (C=O) groups is 3. The van der Waals surface area contributed by atoms with Crippen LogP contribution in [0.3, 0.4) is 0 Å². The number of imide groups is 1. The molecule has 0 unspecified atom stereocenters. The van der Waals surface area contributed by atoms with Crippen LogP contribution in [0.25, 0.3) is 0 Å². The van der Waals surface area contributed by atoms with Crippen molar-refractivity contribution in [2.75, 3.05) is 31.7 Å². The monoisotopic (exact) mass is 491 g/mol. The zero-order valence-electron chi connectivity index (χ0n) is 18.5. The first-order valence-electron chi connectivity index (χ1n) is 10.1. The Balaban J connectivity index is 1.72. The van der Waals surface area contributed by atoms with Crippen molar-refractivity contribution < 1.29 is 19.1 Å². The number of hydrogen-bond acceptors (Lipinski definition) is 8. The number of aryl methyl sites for hydroxylation is 1. The number of likely N-dealkylation sites (N-methyl/N-ethyl adjacent to an activating group) is 1. The highest BCUT2D eigenvalue weighted by molar-refractivity contribution is 6.31. The van der Waals surface area contributed by atoms with Crippen LogP contribution in [0.15, 0.2) is 29.3 Å². The van der Waals surface area contributed by atoms with Crippen LogP contribution in [-0.4, -0.2) is 58.9 Å². The SMILES string of the molecule is CN(C(N)=O)C(=O)COc1ccc(CCCCNC(N)=NC(=O)c2nc(Cl)c(N)nc2N)cc1. The Labute approximate surface area is 200 Å². The number of guanidine groups is 1. The molecule has 13 nitrogen and oxygen atoms in total. The zero-order valence-corrected chi connectivity index (χ0v) is 19.2. The van der Waals surface area contributed by atoms with Gasteiger partial charge in [-0.15, -0.1) is 0 Å². The highest BCUT2D eigenvalue weighted by Gasteiger charge is 2.16. The second-order valence-corrected chi connectivity index (χ2v) is 7.40. The second-order valence-electron chi connectivity index (χ2n) is 7.04. The van der Waals surface area contributed by atoms with Gasteiger partial charge in [0.2, 0.25) is 0 Å². The van der Waals surface area contributed by atoms with Gasteiger partial charge in [0.25, 0.3) is 5.91 Å². The minimum absolute atomic E-state index is 0.0859. The maximum Gasteiger partial charge on any atom is 0.321 e. The maximum absolute atomic E-state index is 12.1. The van der Waals surface area contributed by atoms with Crippen molar-refractivity contribution in [2.45, 2.75) is 19.3 Å². The third-order valence-electron chi connectivity index (χ3n) is 4.52. The average Bonchev–Trinajstić information content (AvgIpc) is 2.79. The number of ether oxygens (including phenoxy) is 1. The van der Waals surface area contributed by atoms with E-state index < -0.39 is 17.8 Å². The first kappa shape index (κ1) is 26.1. The van der Waals surface area contributed by atoms with Gasteiger partial charge in [0, 0.05) is 13.6 Å². The maximum atomic E-state index is 12.1. The van der Waals surface area contributed by atoms with Gasteiger partial charge in [0.05, 0.1) is 0 Å². The Hall–Kier alpha value is -4.13. The molecule has 0 spiro atoms. The number of urea groups is 1. The Kier molecular flexibility index (Phi) is 9.38. The van der Waals surface area contributed by atoms with Crippen molar-refractivity contribution in [1.82, 2.24) is 20.2 Å². The van der Waals surface area contributed by atoms with Gasteiger partial charge in [0.15, 0.2) is 35.0 Å². The molecule has 0 saturated heterocycles. The number of halogens is 1. The summed E-state index contributed by atoms with van der Waals surface area (Å²) in [4.78, 5) is 46.7. The number of aromatic nitrogens is 2. The standard InChI is InChI=1S/C20H26ClN9O4/c1-30(20(25)33)13(31)10-34-12-7-5-11(6-8-12)4-2-3-9-26-19(24)29-18(32)14-16(22)28-17(23)15(21)27-14/h5-8H,2-4,9-10H2,1H3,(H2,25,33)(H4,22,23,28)(H3,24,26,29,32). The second kappa shape index (κ2) is 12.2. The van der Waals surface area contributed by atoms with E-state index in [1.165, 1.54) is 7.05 Å². The molecule has 2 aromatic rings.